The highest BCUT2D eigenvalue weighted by Crippen LogP contribution is 2.25. The van der Waals surface area contributed by atoms with Gasteiger partial charge in [-0.1, -0.05) is 13.0 Å². The Labute approximate surface area is 85.5 Å². The summed E-state index contributed by atoms with van der Waals surface area (Å²) in [6.45, 7) is 2.25. The van der Waals surface area contributed by atoms with Crippen LogP contribution in [-0.4, -0.2) is 26.3 Å². The van der Waals surface area contributed by atoms with E-state index in [1.807, 2.05) is 0 Å². The molecule has 1 fully saturated rings. The molecule has 0 saturated heterocycles. The SMILES string of the molecule is CC1CCC(NC2C=CS(=O)(=O)C2)C1. The van der Waals surface area contributed by atoms with Crippen LogP contribution in [0.15, 0.2) is 11.5 Å². The first kappa shape index (κ1) is 10.2. The number of hydrogen-bond acceptors (Lipinski definition) is 3. The van der Waals surface area contributed by atoms with Crippen LogP contribution >= 0.6 is 0 Å². The first-order valence-corrected chi connectivity index (χ1v) is 6.94. The van der Waals surface area contributed by atoms with Crippen LogP contribution in [-0.2, 0) is 9.84 Å². The van der Waals surface area contributed by atoms with Gasteiger partial charge in [0.05, 0.1) is 5.75 Å². The zero-order valence-corrected chi connectivity index (χ0v) is 9.26. The minimum Gasteiger partial charge on any atom is -0.307 e. The molecule has 1 saturated carbocycles. The maximum absolute atomic E-state index is 11.2. The van der Waals surface area contributed by atoms with Gasteiger partial charge in [-0.05, 0) is 25.2 Å². The number of hydrogen-bond donors (Lipinski definition) is 1. The van der Waals surface area contributed by atoms with Crippen molar-refractivity contribution in [2.24, 2.45) is 5.92 Å². The summed E-state index contributed by atoms with van der Waals surface area (Å²) in [6.07, 6.45) is 5.41. The third-order valence-corrected chi connectivity index (χ3v) is 4.47. The molecule has 80 valence electrons. The molecule has 3 nitrogen and oxygen atoms in total. The zero-order valence-electron chi connectivity index (χ0n) is 8.44. The van der Waals surface area contributed by atoms with E-state index in [1.54, 1.807) is 6.08 Å². The van der Waals surface area contributed by atoms with Gasteiger partial charge >= 0.3 is 0 Å². The summed E-state index contributed by atoms with van der Waals surface area (Å²) < 4.78 is 22.3. The van der Waals surface area contributed by atoms with Crippen molar-refractivity contribution in [3.63, 3.8) is 0 Å². The van der Waals surface area contributed by atoms with Crippen molar-refractivity contribution in [2.75, 3.05) is 5.75 Å². The van der Waals surface area contributed by atoms with E-state index in [1.165, 1.54) is 24.7 Å². The molecular formula is C10H17NO2S. The van der Waals surface area contributed by atoms with Crippen molar-refractivity contribution >= 4 is 9.84 Å². The second-order valence-electron chi connectivity index (χ2n) is 4.55. The molecule has 1 aliphatic heterocycles. The lowest BCUT2D eigenvalue weighted by molar-refractivity contribution is 0.480. The highest BCUT2D eigenvalue weighted by atomic mass is 32.2. The monoisotopic (exact) mass is 215 g/mol. The third kappa shape index (κ3) is 2.36. The third-order valence-electron chi connectivity index (χ3n) is 3.07. The van der Waals surface area contributed by atoms with Gasteiger partial charge in [0, 0.05) is 17.5 Å². The van der Waals surface area contributed by atoms with Gasteiger partial charge in [-0.3, -0.25) is 0 Å². The van der Waals surface area contributed by atoms with Crippen molar-refractivity contribution in [2.45, 2.75) is 38.3 Å². The van der Waals surface area contributed by atoms with Crippen molar-refractivity contribution in [1.82, 2.24) is 5.32 Å². The molecule has 4 heteroatoms. The summed E-state index contributed by atoms with van der Waals surface area (Å²) >= 11 is 0. The maximum Gasteiger partial charge on any atom is 0.173 e. The normalized spacial score (nSPS) is 40.5. The van der Waals surface area contributed by atoms with Crippen LogP contribution in [0.2, 0.25) is 0 Å². The predicted octanol–water partition coefficient (Wildman–Crippen LogP) is 1.08. The second-order valence-corrected chi connectivity index (χ2v) is 6.48. The minimum atomic E-state index is -2.89. The predicted molar refractivity (Wildman–Crippen MR) is 56.7 cm³/mol. The molecule has 0 bridgehead atoms. The van der Waals surface area contributed by atoms with Gasteiger partial charge in [0.25, 0.3) is 0 Å². The lowest BCUT2D eigenvalue weighted by Gasteiger charge is -2.16. The summed E-state index contributed by atoms with van der Waals surface area (Å²) in [7, 11) is -2.89. The van der Waals surface area contributed by atoms with Gasteiger partial charge in [-0.25, -0.2) is 8.42 Å². The first-order valence-electron chi connectivity index (χ1n) is 5.22. The molecule has 1 heterocycles. The molecule has 2 aliphatic rings. The van der Waals surface area contributed by atoms with E-state index >= 15 is 0 Å². The molecular weight excluding hydrogens is 198 g/mol. The molecule has 1 N–H and O–H groups in total. The molecule has 14 heavy (non-hydrogen) atoms. The van der Waals surface area contributed by atoms with Gasteiger partial charge in [0.2, 0.25) is 0 Å². The standard InChI is InChI=1S/C10H17NO2S/c1-8-2-3-9(6-8)11-10-4-5-14(12,13)7-10/h4-5,8-11H,2-3,6-7H2,1H3. The van der Waals surface area contributed by atoms with E-state index in [0.717, 1.165) is 5.92 Å². The largest absolute Gasteiger partial charge is 0.307 e. The maximum atomic E-state index is 11.2. The summed E-state index contributed by atoms with van der Waals surface area (Å²) in [5, 5.41) is 4.73. The van der Waals surface area contributed by atoms with Crippen molar-refractivity contribution in [3.8, 4) is 0 Å². The number of rotatable bonds is 2. The van der Waals surface area contributed by atoms with Gasteiger partial charge in [-0.2, -0.15) is 0 Å². The van der Waals surface area contributed by atoms with Gasteiger partial charge in [0.1, 0.15) is 0 Å². The molecule has 0 amide bonds. The number of sulfone groups is 1. The van der Waals surface area contributed by atoms with Gasteiger partial charge < -0.3 is 5.32 Å². The fourth-order valence-corrected chi connectivity index (χ4v) is 3.59. The van der Waals surface area contributed by atoms with Crippen LogP contribution < -0.4 is 5.32 Å². The van der Waals surface area contributed by atoms with E-state index in [9.17, 15) is 8.42 Å². The fraction of sp³-hybridized carbons (Fsp3) is 0.800. The van der Waals surface area contributed by atoms with Gasteiger partial charge in [-0.15, -0.1) is 0 Å². The zero-order chi connectivity index (χ0) is 10.2. The fourth-order valence-electron chi connectivity index (χ4n) is 2.34. The van der Waals surface area contributed by atoms with Crippen LogP contribution in [0.4, 0.5) is 0 Å². The quantitative estimate of drug-likeness (QED) is 0.749. The van der Waals surface area contributed by atoms with Crippen LogP contribution in [0.3, 0.4) is 0 Å². The Morgan fingerprint density at radius 1 is 1.36 bits per heavy atom. The molecule has 0 spiro atoms. The topological polar surface area (TPSA) is 46.2 Å². The minimum absolute atomic E-state index is 0.0512. The van der Waals surface area contributed by atoms with Gasteiger partial charge in [0.15, 0.2) is 9.84 Å². The summed E-state index contributed by atoms with van der Waals surface area (Å²) in [4.78, 5) is 0. The van der Waals surface area contributed by atoms with Crippen molar-refractivity contribution in [1.29, 1.82) is 0 Å². The molecule has 0 aromatic carbocycles. The Hall–Kier alpha value is -0.350. The van der Waals surface area contributed by atoms with Crippen molar-refractivity contribution < 1.29 is 8.42 Å². The van der Waals surface area contributed by atoms with E-state index in [-0.39, 0.29) is 11.8 Å². The van der Waals surface area contributed by atoms with Crippen LogP contribution in [0.25, 0.3) is 0 Å². The highest BCUT2D eigenvalue weighted by Gasteiger charge is 2.27. The molecule has 0 radical (unpaired) electrons. The number of nitrogens with one attached hydrogen (secondary N) is 1. The molecule has 3 unspecified atom stereocenters. The van der Waals surface area contributed by atoms with E-state index in [2.05, 4.69) is 12.2 Å². The van der Waals surface area contributed by atoms with E-state index < -0.39 is 9.84 Å². The van der Waals surface area contributed by atoms with E-state index in [4.69, 9.17) is 0 Å². The second kappa shape index (κ2) is 3.66. The Balaban J connectivity index is 1.86. The Bertz CT molecular complexity index is 334. The van der Waals surface area contributed by atoms with E-state index in [0.29, 0.717) is 6.04 Å². The molecule has 3 atom stereocenters. The Morgan fingerprint density at radius 2 is 2.14 bits per heavy atom. The van der Waals surface area contributed by atoms with Crippen LogP contribution in [0, 0.1) is 5.92 Å². The van der Waals surface area contributed by atoms with Crippen LogP contribution in [0.1, 0.15) is 26.2 Å². The molecule has 2 rings (SSSR count). The molecule has 0 aromatic rings. The Morgan fingerprint density at radius 3 is 2.64 bits per heavy atom. The van der Waals surface area contributed by atoms with Crippen molar-refractivity contribution in [3.05, 3.63) is 11.5 Å². The average molecular weight is 215 g/mol. The summed E-state index contributed by atoms with van der Waals surface area (Å²) in [5.41, 5.74) is 0. The average Bonchev–Trinajstić information content (AvgIpc) is 2.59. The summed E-state index contributed by atoms with van der Waals surface area (Å²) in [6, 6.07) is 0.572. The Kier molecular flexibility index (Phi) is 2.66. The smallest absolute Gasteiger partial charge is 0.173 e. The lowest BCUT2D eigenvalue weighted by Crippen LogP contribution is -2.37. The summed E-state index contributed by atoms with van der Waals surface area (Å²) in [5.74, 6) is 1.03. The first-order chi connectivity index (χ1) is 6.55. The lowest BCUT2D eigenvalue weighted by atomic mass is 10.1. The molecule has 1 aliphatic carbocycles. The molecule has 0 aromatic heterocycles. The van der Waals surface area contributed by atoms with Crippen LogP contribution in [0.5, 0.6) is 0 Å². The highest BCUT2D eigenvalue weighted by molar-refractivity contribution is 7.94.